The molecule has 5 heteroatoms. The first kappa shape index (κ1) is 18.0. The van der Waals surface area contributed by atoms with Gasteiger partial charge < -0.3 is 15.5 Å². The standard InChI is InChI=1S/C19H37N5/c1-20-18(21-15-19(23(2)3)11-6-7-12-19)22-16-10-13-24(14-16)17-8-4-5-9-17/h16-17H,4-15H2,1-3H3,(H2,20,21,22). The number of likely N-dealkylation sites (N-methyl/N-ethyl adjacent to an activating group) is 1. The van der Waals surface area contributed by atoms with Crippen LogP contribution in [0.1, 0.15) is 57.8 Å². The molecule has 2 aliphatic carbocycles. The fraction of sp³-hybridized carbons (Fsp3) is 0.947. The van der Waals surface area contributed by atoms with E-state index in [4.69, 9.17) is 0 Å². The topological polar surface area (TPSA) is 42.9 Å². The quantitative estimate of drug-likeness (QED) is 0.596. The smallest absolute Gasteiger partial charge is 0.191 e. The highest BCUT2D eigenvalue weighted by atomic mass is 15.3. The lowest BCUT2D eigenvalue weighted by molar-refractivity contribution is 0.160. The molecule has 5 nitrogen and oxygen atoms in total. The van der Waals surface area contributed by atoms with E-state index in [-0.39, 0.29) is 0 Å². The minimum Gasteiger partial charge on any atom is -0.355 e. The Morgan fingerprint density at radius 2 is 1.83 bits per heavy atom. The van der Waals surface area contributed by atoms with Crippen LogP contribution in [0.4, 0.5) is 0 Å². The van der Waals surface area contributed by atoms with Crippen LogP contribution < -0.4 is 10.6 Å². The van der Waals surface area contributed by atoms with Crippen LogP contribution >= 0.6 is 0 Å². The molecule has 138 valence electrons. The summed E-state index contributed by atoms with van der Waals surface area (Å²) in [6, 6.07) is 1.40. The molecule has 1 heterocycles. The monoisotopic (exact) mass is 335 g/mol. The maximum Gasteiger partial charge on any atom is 0.191 e. The van der Waals surface area contributed by atoms with Crippen molar-refractivity contribution >= 4 is 5.96 Å². The van der Waals surface area contributed by atoms with Gasteiger partial charge in [0.2, 0.25) is 0 Å². The van der Waals surface area contributed by atoms with E-state index >= 15 is 0 Å². The molecule has 0 amide bonds. The average molecular weight is 336 g/mol. The van der Waals surface area contributed by atoms with Gasteiger partial charge in [0.05, 0.1) is 0 Å². The molecule has 2 N–H and O–H groups in total. The van der Waals surface area contributed by atoms with E-state index in [0.29, 0.717) is 11.6 Å². The Bertz CT molecular complexity index is 421. The lowest BCUT2D eigenvalue weighted by Gasteiger charge is -2.37. The number of nitrogens with zero attached hydrogens (tertiary/aromatic N) is 3. The molecule has 2 saturated carbocycles. The van der Waals surface area contributed by atoms with Gasteiger partial charge in [0, 0.05) is 44.3 Å². The summed E-state index contributed by atoms with van der Waals surface area (Å²) in [5, 5.41) is 7.30. The highest BCUT2D eigenvalue weighted by molar-refractivity contribution is 5.80. The van der Waals surface area contributed by atoms with Crippen molar-refractivity contribution in [3.8, 4) is 0 Å². The van der Waals surface area contributed by atoms with Gasteiger partial charge in [-0.1, -0.05) is 25.7 Å². The van der Waals surface area contributed by atoms with Crippen molar-refractivity contribution in [2.24, 2.45) is 4.99 Å². The van der Waals surface area contributed by atoms with Gasteiger partial charge in [0.15, 0.2) is 5.96 Å². The summed E-state index contributed by atoms with van der Waals surface area (Å²) in [7, 11) is 6.34. The molecule has 0 bridgehead atoms. The van der Waals surface area contributed by atoms with E-state index in [1.807, 2.05) is 7.05 Å². The van der Waals surface area contributed by atoms with Gasteiger partial charge in [-0.3, -0.25) is 9.89 Å². The second kappa shape index (κ2) is 8.05. The van der Waals surface area contributed by atoms with Crippen LogP contribution in [-0.4, -0.2) is 74.2 Å². The lowest BCUT2D eigenvalue weighted by Crippen LogP contribution is -2.54. The molecule has 0 spiro atoms. The Labute approximate surface area is 148 Å². The van der Waals surface area contributed by atoms with Crippen LogP contribution in [-0.2, 0) is 0 Å². The molecule has 0 aromatic heterocycles. The summed E-state index contributed by atoms with van der Waals surface area (Å²) in [5.41, 5.74) is 0.309. The molecule has 0 aromatic rings. The van der Waals surface area contributed by atoms with Crippen LogP contribution in [0.3, 0.4) is 0 Å². The summed E-state index contributed by atoms with van der Waals surface area (Å²) in [4.78, 5) is 9.60. The Hall–Kier alpha value is -0.810. The molecule has 1 unspecified atom stereocenters. The first-order chi connectivity index (χ1) is 11.6. The predicted octanol–water partition coefficient (Wildman–Crippen LogP) is 2.04. The predicted molar refractivity (Wildman–Crippen MR) is 102 cm³/mol. The highest BCUT2D eigenvalue weighted by Crippen LogP contribution is 2.33. The number of hydrogen-bond donors (Lipinski definition) is 2. The van der Waals surface area contributed by atoms with Gasteiger partial charge >= 0.3 is 0 Å². The van der Waals surface area contributed by atoms with Crippen LogP contribution in [0, 0.1) is 0 Å². The van der Waals surface area contributed by atoms with Crippen molar-refractivity contribution in [2.45, 2.75) is 75.4 Å². The Balaban J connectivity index is 1.47. The zero-order chi connectivity index (χ0) is 17.0. The van der Waals surface area contributed by atoms with Crippen molar-refractivity contribution in [3.63, 3.8) is 0 Å². The third-order valence-electron chi connectivity index (χ3n) is 6.69. The third kappa shape index (κ3) is 4.05. The molecule has 3 rings (SSSR count). The first-order valence-electron chi connectivity index (χ1n) is 10.0. The Morgan fingerprint density at radius 1 is 1.12 bits per heavy atom. The lowest BCUT2D eigenvalue weighted by atomic mass is 9.96. The van der Waals surface area contributed by atoms with E-state index in [2.05, 4.69) is 39.5 Å². The normalized spacial score (nSPS) is 28.8. The van der Waals surface area contributed by atoms with Crippen molar-refractivity contribution in [2.75, 3.05) is 40.8 Å². The van der Waals surface area contributed by atoms with Crippen LogP contribution in [0.25, 0.3) is 0 Å². The number of guanidine groups is 1. The minimum absolute atomic E-state index is 0.309. The van der Waals surface area contributed by atoms with Crippen molar-refractivity contribution in [1.29, 1.82) is 0 Å². The largest absolute Gasteiger partial charge is 0.355 e. The summed E-state index contributed by atoms with van der Waals surface area (Å²) in [5.74, 6) is 0.987. The van der Waals surface area contributed by atoms with E-state index in [1.165, 1.54) is 70.9 Å². The van der Waals surface area contributed by atoms with Crippen molar-refractivity contribution < 1.29 is 0 Å². The van der Waals surface area contributed by atoms with Gasteiger partial charge in [-0.25, -0.2) is 0 Å². The SMILES string of the molecule is CN=C(NCC1(N(C)C)CCCC1)NC1CCN(C2CCCC2)C1. The van der Waals surface area contributed by atoms with Gasteiger partial charge in [-0.2, -0.15) is 0 Å². The second-order valence-electron chi connectivity index (χ2n) is 8.31. The Kier molecular flexibility index (Phi) is 6.03. The zero-order valence-corrected chi connectivity index (χ0v) is 16.0. The maximum atomic E-state index is 4.48. The first-order valence-corrected chi connectivity index (χ1v) is 10.0. The number of likely N-dealkylation sites (tertiary alicyclic amines) is 1. The molecule has 1 aliphatic heterocycles. The minimum atomic E-state index is 0.309. The van der Waals surface area contributed by atoms with E-state index in [1.54, 1.807) is 0 Å². The Morgan fingerprint density at radius 3 is 2.46 bits per heavy atom. The summed E-state index contributed by atoms with van der Waals surface area (Å²) in [6.45, 7) is 3.43. The van der Waals surface area contributed by atoms with Gasteiger partial charge in [0.1, 0.15) is 0 Å². The van der Waals surface area contributed by atoms with E-state index in [9.17, 15) is 0 Å². The van der Waals surface area contributed by atoms with Crippen LogP contribution in [0.15, 0.2) is 4.99 Å². The highest BCUT2D eigenvalue weighted by Gasteiger charge is 2.36. The van der Waals surface area contributed by atoms with Crippen LogP contribution in [0.2, 0.25) is 0 Å². The fourth-order valence-corrected chi connectivity index (χ4v) is 4.96. The number of nitrogens with one attached hydrogen (secondary N) is 2. The molecular weight excluding hydrogens is 298 g/mol. The van der Waals surface area contributed by atoms with Gasteiger partial charge in [-0.15, -0.1) is 0 Å². The third-order valence-corrected chi connectivity index (χ3v) is 6.69. The molecular formula is C19H37N5. The van der Waals surface area contributed by atoms with E-state index < -0.39 is 0 Å². The fourth-order valence-electron chi connectivity index (χ4n) is 4.96. The number of rotatable bonds is 5. The van der Waals surface area contributed by atoms with Crippen molar-refractivity contribution in [3.05, 3.63) is 0 Å². The second-order valence-corrected chi connectivity index (χ2v) is 8.31. The summed E-state index contributed by atoms with van der Waals surface area (Å²) >= 11 is 0. The van der Waals surface area contributed by atoms with Gasteiger partial charge in [-0.05, 0) is 46.2 Å². The molecule has 0 aromatic carbocycles. The van der Waals surface area contributed by atoms with E-state index in [0.717, 1.165) is 18.5 Å². The molecule has 3 aliphatic rings. The number of hydrogen-bond acceptors (Lipinski definition) is 3. The summed E-state index contributed by atoms with van der Waals surface area (Å²) in [6.07, 6.45) is 12.2. The van der Waals surface area contributed by atoms with Gasteiger partial charge in [0.25, 0.3) is 0 Å². The molecule has 3 fully saturated rings. The molecule has 24 heavy (non-hydrogen) atoms. The van der Waals surface area contributed by atoms with Crippen molar-refractivity contribution in [1.82, 2.24) is 20.4 Å². The summed E-state index contributed by atoms with van der Waals surface area (Å²) < 4.78 is 0. The molecule has 0 radical (unpaired) electrons. The van der Waals surface area contributed by atoms with Crippen LogP contribution in [0.5, 0.6) is 0 Å². The molecule has 1 saturated heterocycles. The average Bonchev–Trinajstić information content (AvgIpc) is 3.32. The number of aliphatic imine (C=N–C) groups is 1. The zero-order valence-electron chi connectivity index (χ0n) is 16.0. The molecule has 1 atom stereocenters. The maximum absolute atomic E-state index is 4.48.